The molecule has 2 heteroatoms. The maximum Gasteiger partial charge on any atom is 0.145 e. The van der Waals surface area contributed by atoms with E-state index in [0.717, 1.165) is 28.1 Å². The molecule has 0 bridgehead atoms. The Morgan fingerprint density at radius 2 is 0.872 bits per heavy atom. The summed E-state index contributed by atoms with van der Waals surface area (Å²) >= 11 is 0. The van der Waals surface area contributed by atoms with Crippen LogP contribution in [-0.4, -0.2) is 9.55 Å². The van der Waals surface area contributed by atoms with Crippen molar-refractivity contribution in [2.45, 2.75) is 0 Å². The number of fused-ring (bicyclic) bond motifs is 3. The molecule has 8 aromatic carbocycles. The van der Waals surface area contributed by atoms with Crippen LogP contribution in [0.3, 0.4) is 0 Å². The van der Waals surface area contributed by atoms with E-state index >= 15 is 0 Å². The molecule has 0 aliphatic rings. The Bertz CT molecular complexity index is 2550. The number of para-hydroxylation sites is 2. The Kier molecular flexibility index (Phi) is 6.50. The van der Waals surface area contributed by atoms with Crippen LogP contribution < -0.4 is 0 Å². The van der Waals surface area contributed by atoms with Crippen LogP contribution in [0.4, 0.5) is 0 Å². The van der Waals surface area contributed by atoms with Crippen molar-refractivity contribution in [1.29, 1.82) is 0 Å². The molecule has 1 heterocycles. The molecule has 220 valence electrons. The quantitative estimate of drug-likeness (QED) is 0.180. The number of hydrogen-bond donors (Lipinski definition) is 0. The summed E-state index contributed by atoms with van der Waals surface area (Å²) in [5.41, 5.74) is 11.5. The van der Waals surface area contributed by atoms with Crippen molar-refractivity contribution >= 4 is 32.6 Å². The summed E-state index contributed by atoms with van der Waals surface area (Å²) in [6.07, 6.45) is 0. The van der Waals surface area contributed by atoms with Gasteiger partial charge >= 0.3 is 0 Å². The lowest BCUT2D eigenvalue weighted by molar-refractivity contribution is 1.13. The Morgan fingerprint density at radius 1 is 0.340 bits per heavy atom. The van der Waals surface area contributed by atoms with E-state index in [0.29, 0.717) is 0 Å². The van der Waals surface area contributed by atoms with Crippen molar-refractivity contribution < 1.29 is 0 Å². The van der Waals surface area contributed by atoms with Crippen LogP contribution in [0.2, 0.25) is 0 Å². The number of aromatic nitrogens is 2. The predicted molar refractivity (Wildman–Crippen MR) is 198 cm³/mol. The third-order valence-electron chi connectivity index (χ3n) is 9.18. The van der Waals surface area contributed by atoms with Gasteiger partial charge in [-0.05, 0) is 68.4 Å². The molecule has 0 aliphatic carbocycles. The fourth-order valence-corrected chi connectivity index (χ4v) is 7.04. The first-order valence-corrected chi connectivity index (χ1v) is 16.1. The fraction of sp³-hybridized carbons (Fsp3) is 0. The Hall–Kier alpha value is -6.25. The van der Waals surface area contributed by atoms with Gasteiger partial charge in [0.2, 0.25) is 0 Å². The van der Waals surface area contributed by atoms with Crippen LogP contribution in [0.25, 0.3) is 83.0 Å². The summed E-state index contributed by atoms with van der Waals surface area (Å²) in [5.74, 6) is 0.934. The van der Waals surface area contributed by atoms with Crippen LogP contribution in [0.1, 0.15) is 0 Å². The topological polar surface area (TPSA) is 17.8 Å². The van der Waals surface area contributed by atoms with Crippen LogP contribution in [-0.2, 0) is 0 Å². The lowest BCUT2D eigenvalue weighted by atomic mass is 9.87. The molecule has 0 unspecified atom stereocenters. The normalized spacial score (nSPS) is 11.4. The van der Waals surface area contributed by atoms with Crippen LogP contribution in [0.15, 0.2) is 182 Å². The summed E-state index contributed by atoms with van der Waals surface area (Å²) in [5, 5.41) is 4.79. The third kappa shape index (κ3) is 4.62. The largest absolute Gasteiger partial charge is 0.291 e. The molecular weight excluding hydrogens is 569 g/mol. The number of imidazole rings is 1. The number of rotatable bonds is 5. The highest BCUT2D eigenvalue weighted by Gasteiger charge is 2.22. The molecule has 0 spiro atoms. The molecule has 0 atom stereocenters. The second-order valence-corrected chi connectivity index (χ2v) is 12.0. The van der Waals surface area contributed by atoms with Gasteiger partial charge in [-0.1, -0.05) is 158 Å². The Morgan fingerprint density at radius 3 is 1.60 bits per heavy atom. The molecule has 2 nitrogen and oxygen atoms in total. The zero-order chi connectivity index (χ0) is 31.2. The van der Waals surface area contributed by atoms with Gasteiger partial charge in [-0.25, -0.2) is 4.98 Å². The smallest absolute Gasteiger partial charge is 0.145 e. The van der Waals surface area contributed by atoms with E-state index in [1.165, 1.54) is 54.9 Å². The fourth-order valence-electron chi connectivity index (χ4n) is 7.04. The van der Waals surface area contributed by atoms with Gasteiger partial charge in [-0.3, -0.25) is 4.57 Å². The van der Waals surface area contributed by atoms with E-state index in [-0.39, 0.29) is 0 Å². The Labute approximate surface area is 273 Å². The maximum absolute atomic E-state index is 5.23. The first-order chi connectivity index (χ1) is 23.3. The highest BCUT2D eigenvalue weighted by Crippen LogP contribution is 2.45. The molecule has 0 aliphatic heterocycles. The first-order valence-electron chi connectivity index (χ1n) is 16.1. The SMILES string of the molecule is c1ccc(-c2cccc(-c3c4ccccc4c(-n4c(-c5ccccc5)nc5ccccc54)c4ccc(-c5ccccc5)cc34)c2)cc1. The standard InChI is InChI=1S/C45H30N2/c1-4-15-31(16-5-1)34-21-14-22-36(29-34)43-37-23-10-11-24-38(37)44(39-28-27-35(30-40(39)43)32-17-6-2-7-18-32)47-42-26-13-12-25-41(42)46-45(47)33-19-8-3-9-20-33/h1-30H. The summed E-state index contributed by atoms with van der Waals surface area (Å²) in [6.45, 7) is 0. The predicted octanol–water partition coefficient (Wildman–Crippen LogP) is 12.0. The molecule has 9 rings (SSSR count). The van der Waals surface area contributed by atoms with Gasteiger partial charge in [-0.2, -0.15) is 0 Å². The minimum atomic E-state index is 0.934. The van der Waals surface area contributed by atoms with E-state index in [2.05, 4.69) is 187 Å². The zero-order valence-corrected chi connectivity index (χ0v) is 25.7. The van der Waals surface area contributed by atoms with E-state index in [1.807, 2.05) is 0 Å². The molecule has 0 N–H and O–H groups in total. The van der Waals surface area contributed by atoms with Crippen molar-refractivity contribution in [1.82, 2.24) is 9.55 Å². The van der Waals surface area contributed by atoms with Gasteiger partial charge in [0, 0.05) is 16.3 Å². The second kappa shape index (κ2) is 11.3. The van der Waals surface area contributed by atoms with Crippen LogP contribution in [0.5, 0.6) is 0 Å². The summed E-state index contributed by atoms with van der Waals surface area (Å²) in [6, 6.07) is 65.1. The maximum atomic E-state index is 5.23. The lowest BCUT2D eigenvalue weighted by Crippen LogP contribution is -2.02. The molecule has 0 saturated heterocycles. The van der Waals surface area contributed by atoms with E-state index in [9.17, 15) is 0 Å². The van der Waals surface area contributed by atoms with Gasteiger partial charge in [0.05, 0.1) is 16.7 Å². The summed E-state index contributed by atoms with van der Waals surface area (Å²) in [7, 11) is 0. The molecule has 1 aromatic heterocycles. The lowest BCUT2D eigenvalue weighted by Gasteiger charge is -2.21. The summed E-state index contributed by atoms with van der Waals surface area (Å²) in [4.78, 5) is 5.23. The van der Waals surface area contributed by atoms with Crippen molar-refractivity contribution in [3.05, 3.63) is 182 Å². The Balaban J connectivity index is 1.43. The van der Waals surface area contributed by atoms with Crippen molar-refractivity contribution in [2.75, 3.05) is 0 Å². The minimum Gasteiger partial charge on any atom is -0.291 e. The highest BCUT2D eigenvalue weighted by atomic mass is 15.1. The second-order valence-electron chi connectivity index (χ2n) is 12.0. The molecule has 0 fully saturated rings. The summed E-state index contributed by atoms with van der Waals surface area (Å²) < 4.78 is 2.38. The van der Waals surface area contributed by atoms with Crippen molar-refractivity contribution in [3.63, 3.8) is 0 Å². The minimum absolute atomic E-state index is 0.934. The first kappa shape index (κ1) is 27.1. The van der Waals surface area contributed by atoms with Crippen LogP contribution >= 0.6 is 0 Å². The number of hydrogen-bond acceptors (Lipinski definition) is 1. The number of nitrogens with zero attached hydrogens (tertiary/aromatic N) is 2. The van der Waals surface area contributed by atoms with E-state index in [4.69, 9.17) is 4.98 Å². The molecular formula is C45H30N2. The zero-order valence-electron chi connectivity index (χ0n) is 25.7. The number of benzene rings is 8. The van der Waals surface area contributed by atoms with Crippen molar-refractivity contribution in [3.8, 4) is 50.5 Å². The van der Waals surface area contributed by atoms with Gasteiger partial charge in [-0.15, -0.1) is 0 Å². The van der Waals surface area contributed by atoms with E-state index < -0.39 is 0 Å². The average Bonchev–Trinajstić information content (AvgIpc) is 3.54. The molecule has 0 amide bonds. The molecule has 0 radical (unpaired) electrons. The van der Waals surface area contributed by atoms with E-state index in [1.54, 1.807) is 0 Å². The molecule has 9 aromatic rings. The molecule has 0 saturated carbocycles. The highest BCUT2D eigenvalue weighted by molar-refractivity contribution is 6.19. The monoisotopic (exact) mass is 598 g/mol. The van der Waals surface area contributed by atoms with Gasteiger partial charge in [0.15, 0.2) is 0 Å². The third-order valence-corrected chi connectivity index (χ3v) is 9.18. The van der Waals surface area contributed by atoms with Gasteiger partial charge < -0.3 is 0 Å². The molecule has 47 heavy (non-hydrogen) atoms. The van der Waals surface area contributed by atoms with Gasteiger partial charge in [0.1, 0.15) is 5.82 Å². The average molecular weight is 599 g/mol. The van der Waals surface area contributed by atoms with Crippen LogP contribution in [0, 0.1) is 0 Å². The van der Waals surface area contributed by atoms with Crippen molar-refractivity contribution in [2.24, 2.45) is 0 Å². The van der Waals surface area contributed by atoms with Gasteiger partial charge in [0.25, 0.3) is 0 Å².